The maximum atomic E-state index is 12.5. The molecule has 2 atom stereocenters. The van der Waals surface area contributed by atoms with E-state index in [2.05, 4.69) is 0 Å². The lowest BCUT2D eigenvalue weighted by molar-refractivity contribution is 0.308. The van der Waals surface area contributed by atoms with Crippen LogP contribution in [-0.4, -0.2) is 42.3 Å². The van der Waals surface area contributed by atoms with Crippen molar-refractivity contribution in [1.29, 1.82) is 0 Å². The fourth-order valence-corrected chi connectivity index (χ4v) is 6.72. The zero-order chi connectivity index (χ0) is 26.2. The lowest BCUT2D eigenvalue weighted by Gasteiger charge is -2.25. The van der Waals surface area contributed by atoms with Gasteiger partial charge in [-0.25, -0.2) is 0 Å². The predicted molar refractivity (Wildman–Crippen MR) is 138 cm³/mol. The van der Waals surface area contributed by atoms with Gasteiger partial charge in [0.25, 0.3) is 0 Å². The van der Waals surface area contributed by atoms with E-state index >= 15 is 0 Å². The van der Waals surface area contributed by atoms with Gasteiger partial charge in [0.05, 0.1) is 6.26 Å². The molecular formula is C25H36O8S2. The molecular weight excluding hydrogens is 492 g/mol. The molecule has 0 amide bonds. The molecule has 35 heavy (non-hydrogen) atoms. The zero-order valence-corrected chi connectivity index (χ0v) is 22.5. The van der Waals surface area contributed by atoms with Gasteiger partial charge in [0.1, 0.15) is 41.3 Å². The first-order valence-electron chi connectivity index (χ1n) is 11.6. The largest absolute Gasteiger partial charge is 0.616 e. The smallest absolute Gasteiger partial charge is 0.229 e. The Kier molecular flexibility index (Phi) is 10.8. The summed E-state index contributed by atoms with van der Waals surface area (Å²) in [6.07, 6.45) is 6.20. The van der Waals surface area contributed by atoms with Gasteiger partial charge in [0, 0.05) is 24.5 Å². The molecule has 0 saturated carbocycles. The minimum absolute atomic E-state index is 0.232. The van der Waals surface area contributed by atoms with Gasteiger partial charge in [-0.2, -0.15) is 0 Å². The van der Waals surface area contributed by atoms with Crippen molar-refractivity contribution >= 4 is 22.4 Å². The Balaban J connectivity index is 1.69. The van der Waals surface area contributed by atoms with Crippen molar-refractivity contribution in [3.8, 4) is 11.5 Å². The van der Waals surface area contributed by atoms with E-state index in [-0.39, 0.29) is 10.8 Å². The van der Waals surface area contributed by atoms with Gasteiger partial charge < -0.3 is 28.2 Å². The molecule has 2 aromatic rings. The third-order valence-corrected chi connectivity index (χ3v) is 8.67. The van der Waals surface area contributed by atoms with Gasteiger partial charge in [-0.3, -0.25) is 9.59 Å². The molecule has 196 valence electrons. The first-order chi connectivity index (χ1) is 16.3. The highest BCUT2D eigenvalue weighted by atomic mass is 32.2. The van der Waals surface area contributed by atoms with E-state index in [1.807, 2.05) is 27.7 Å². The maximum Gasteiger partial charge on any atom is 0.229 e. The van der Waals surface area contributed by atoms with Crippen LogP contribution >= 0.6 is 0 Å². The Labute approximate surface area is 212 Å². The van der Waals surface area contributed by atoms with Crippen LogP contribution in [0.25, 0.3) is 0 Å². The Hall–Kier alpha value is -1.88. The number of hydrogen-bond acceptors (Lipinski definition) is 8. The molecule has 2 unspecified atom stereocenters. The molecule has 2 aromatic heterocycles. The molecule has 0 bridgehead atoms. The molecule has 8 nitrogen and oxygen atoms in total. The first-order valence-corrected chi connectivity index (χ1v) is 14.5. The number of rotatable bonds is 14. The molecule has 0 aliphatic rings. The highest BCUT2D eigenvalue weighted by molar-refractivity contribution is 7.92. The van der Waals surface area contributed by atoms with E-state index in [9.17, 15) is 28.9 Å². The van der Waals surface area contributed by atoms with Crippen LogP contribution in [0.5, 0.6) is 11.5 Å². The quantitative estimate of drug-likeness (QED) is 0.354. The lowest BCUT2D eigenvalue weighted by atomic mass is 9.84. The first kappa shape index (κ1) is 29.4. The molecule has 10 heteroatoms. The second kappa shape index (κ2) is 12.9. The van der Waals surface area contributed by atoms with Crippen LogP contribution in [0.2, 0.25) is 0 Å². The van der Waals surface area contributed by atoms with E-state index in [4.69, 9.17) is 8.83 Å². The van der Waals surface area contributed by atoms with Gasteiger partial charge in [-0.1, -0.05) is 50.0 Å². The van der Waals surface area contributed by atoms with Gasteiger partial charge in [-0.15, -0.1) is 0 Å². The minimum atomic E-state index is -1.05. The van der Waals surface area contributed by atoms with Crippen LogP contribution in [0.15, 0.2) is 43.3 Å². The van der Waals surface area contributed by atoms with Gasteiger partial charge >= 0.3 is 0 Å². The highest BCUT2D eigenvalue weighted by Gasteiger charge is 2.25. The summed E-state index contributed by atoms with van der Waals surface area (Å²) in [6.45, 7) is 7.98. The van der Waals surface area contributed by atoms with E-state index in [1.165, 1.54) is 12.3 Å². The van der Waals surface area contributed by atoms with Gasteiger partial charge in [-0.05, 0) is 30.1 Å². The maximum absolute atomic E-state index is 12.5. The molecule has 0 saturated heterocycles. The Morgan fingerprint density at radius 2 is 1.40 bits per heavy atom. The van der Waals surface area contributed by atoms with Crippen LogP contribution < -0.4 is 10.9 Å². The lowest BCUT2D eigenvalue weighted by Crippen LogP contribution is -2.25. The third kappa shape index (κ3) is 10.3. The molecule has 0 spiro atoms. The standard InChI is InChI=1S/C25H36O8S2/c1-24(2,13-18-15-32-16-22(28)23(18)29)6-10-34(30)8-5-9-35(31)11-7-25(3,4)14-19-12-20(26)21(27)17-33-19/h12,15-17,27-28H,5-11,13-14H2,1-4H3. The van der Waals surface area contributed by atoms with Crippen LogP contribution in [0.3, 0.4) is 0 Å². The summed E-state index contributed by atoms with van der Waals surface area (Å²) in [6, 6.07) is 1.28. The molecule has 0 aromatic carbocycles. The van der Waals surface area contributed by atoms with E-state index < -0.39 is 44.7 Å². The normalized spacial score (nSPS) is 14.1. The average molecular weight is 529 g/mol. The third-order valence-electron chi connectivity index (χ3n) is 5.86. The fraction of sp³-hybridized carbons (Fsp3) is 0.600. The van der Waals surface area contributed by atoms with Gasteiger partial charge in [0.15, 0.2) is 11.5 Å². The predicted octanol–water partition coefficient (Wildman–Crippen LogP) is 3.51. The minimum Gasteiger partial charge on any atom is -0.616 e. The van der Waals surface area contributed by atoms with Crippen LogP contribution in [0, 0.1) is 10.8 Å². The number of aromatic hydroxyl groups is 2. The van der Waals surface area contributed by atoms with Crippen molar-refractivity contribution in [2.45, 2.75) is 59.8 Å². The van der Waals surface area contributed by atoms with Crippen LogP contribution in [0.1, 0.15) is 58.3 Å². The van der Waals surface area contributed by atoms with Crippen LogP contribution in [0.4, 0.5) is 0 Å². The molecule has 2 rings (SSSR count). The summed E-state index contributed by atoms with van der Waals surface area (Å²) in [5.41, 5.74) is -1.05. The Morgan fingerprint density at radius 1 is 0.829 bits per heavy atom. The topological polar surface area (TPSA) is 147 Å². The molecule has 0 fully saturated rings. The second-order valence-corrected chi connectivity index (χ2v) is 13.8. The Morgan fingerprint density at radius 3 is 1.97 bits per heavy atom. The van der Waals surface area contributed by atoms with Crippen LogP contribution in [-0.2, 0) is 35.2 Å². The van der Waals surface area contributed by atoms with Gasteiger partial charge in [0.2, 0.25) is 10.9 Å². The molecule has 0 aliphatic carbocycles. The summed E-state index contributed by atoms with van der Waals surface area (Å²) in [4.78, 5) is 23.6. The van der Waals surface area contributed by atoms with Crippen molar-refractivity contribution < 1.29 is 28.2 Å². The SMILES string of the molecule is CC(C)(CC[S+]([O-])CCC[S+]([O-])CCC(C)(C)Cc1cocc(O)c1=O)Cc1cc(=O)c(O)co1. The highest BCUT2D eigenvalue weighted by Crippen LogP contribution is 2.28. The summed E-state index contributed by atoms with van der Waals surface area (Å²) in [5.74, 6) is 1.58. The second-order valence-electron chi connectivity index (χ2n) is 10.4. The zero-order valence-electron chi connectivity index (χ0n) is 20.8. The summed E-state index contributed by atoms with van der Waals surface area (Å²) in [5, 5.41) is 18.8. The van der Waals surface area contributed by atoms with E-state index in [1.54, 1.807) is 0 Å². The molecule has 0 aliphatic heterocycles. The van der Waals surface area contributed by atoms with Crippen molar-refractivity contribution in [2.24, 2.45) is 10.8 Å². The van der Waals surface area contributed by atoms with Crippen molar-refractivity contribution in [3.05, 3.63) is 56.6 Å². The van der Waals surface area contributed by atoms with E-state index in [0.717, 1.165) is 12.5 Å². The summed E-state index contributed by atoms with van der Waals surface area (Å²) < 4.78 is 35.2. The average Bonchev–Trinajstić information content (AvgIpc) is 2.76. The van der Waals surface area contributed by atoms with Crippen molar-refractivity contribution in [1.82, 2.24) is 0 Å². The molecule has 0 radical (unpaired) electrons. The van der Waals surface area contributed by atoms with E-state index in [0.29, 0.717) is 66.4 Å². The molecule has 2 N–H and O–H groups in total. The summed E-state index contributed by atoms with van der Waals surface area (Å²) >= 11 is -2.09. The fourth-order valence-electron chi connectivity index (χ4n) is 3.64. The molecule has 2 heterocycles. The Bertz CT molecular complexity index is 1060. The monoisotopic (exact) mass is 528 g/mol. The number of hydrogen-bond donors (Lipinski definition) is 2. The van der Waals surface area contributed by atoms with Crippen molar-refractivity contribution in [3.63, 3.8) is 0 Å². The van der Waals surface area contributed by atoms with Crippen molar-refractivity contribution in [2.75, 3.05) is 23.0 Å². The summed E-state index contributed by atoms with van der Waals surface area (Å²) in [7, 11) is 0.